The first-order valence-electron chi connectivity index (χ1n) is 21.2. The zero-order valence-electron chi connectivity index (χ0n) is 32.8. The zero-order chi connectivity index (χ0) is 37.0. The van der Waals surface area contributed by atoms with Gasteiger partial charge in [-0.1, -0.05) is 194 Å². The highest BCUT2D eigenvalue weighted by Crippen LogP contribution is 2.43. The number of phosphoric acid groups is 1. The third kappa shape index (κ3) is 34.5. The number of aliphatic hydroxyl groups excluding tert-OH is 2. The lowest BCUT2D eigenvalue weighted by atomic mass is 10.0. The fraction of sp³-hybridized carbons (Fsp3) is 0.975. The fourth-order valence-corrected chi connectivity index (χ4v) is 7.29. The molecule has 50 heavy (non-hydrogen) atoms. The summed E-state index contributed by atoms with van der Waals surface area (Å²) < 4.78 is 22.0. The lowest BCUT2D eigenvalue weighted by molar-refractivity contribution is -0.125. The number of carbonyl (C=O) groups is 1. The maximum absolute atomic E-state index is 12.7. The molecule has 0 radical (unpaired) electrons. The lowest BCUT2D eigenvalue weighted by Crippen LogP contribution is -2.47. The van der Waals surface area contributed by atoms with E-state index in [0.717, 1.165) is 44.9 Å². The molecule has 0 aromatic rings. The first-order valence-corrected chi connectivity index (χ1v) is 22.7. The summed E-state index contributed by atoms with van der Waals surface area (Å²) in [4.78, 5) is 22.6. The number of nitrogens with two attached hydrogens (primary N) is 1. The van der Waals surface area contributed by atoms with E-state index in [0.29, 0.717) is 12.8 Å². The quantitative estimate of drug-likeness (QED) is 0.0308. The van der Waals surface area contributed by atoms with Crippen LogP contribution in [-0.2, 0) is 18.4 Å². The first kappa shape index (κ1) is 49.5. The maximum Gasteiger partial charge on any atom is 0.472 e. The Morgan fingerprint density at radius 2 is 0.960 bits per heavy atom. The van der Waals surface area contributed by atoms with E-state index < -0.39 is 32.0 Å². The normalized spacial score (nSPS) is 14.8. The summed E-state index contributed by atoms with van der Waals surface area (Å²) in [6.07, 6.45) is 34.7. The van der Waals surface area contributed by atoms with Crippen LogP contribution in [0.15, 0.2) is 0 Å². The molecule has 0 aliphatic carbocycles. The molecule has 0 rings (SSSR count). The number of rotatable bonds is 40. The van der Waals surface area contributed by atoms with Gasteiger partial charge in [0.05, 0.1) is 37.9 Å². The molecule has 0 fully saturated rings. The van der Waals surface area contributed by atoms with Crippen molar-refractivity contribution in [3.63, 3.8) is 0 Å². The monoisotopic (exact) mass is 735 g/mol. The molecule has 4 unspecified atom stereocenters. The van der Waals surface area contributed by atoms with Crippen LogP contribution in [0.5, 0.6) is 0 Å². The predicted molar refractivity (Wildman–Crippen MR) is 209 cm³/mol. The molecule has 4 atom stereocenters. The molecule has 300 valence electrons. The van der Waals surface area contributed by atoms with Crippen LogP contribution in [0.2, 0.25) is 0 Å². The third-order valence-corrected chi connectivity index (χ3v) is 10.7. The Balaban J connectivity index is 4.01. The van der Waals surface area contributed by atoms with Crippen molar-refractivity contribution in [1.82, 2.24) is 5.32 Å². The Bertz CT molecular complexity index is 776. The second-order valence-electron chi connectivity index (χ2n) is 14.8. The molecule has 0 aromatic heterocycles. The Labute approximate surface area is 308 Å². The molecule has 10 heteroatoms. The number of hydrogen-bond acceptors (Lipinski definition) is 7. The highest BCUT2D eigenvalue weighted by Gasteiger charge is 2.28. The van der Waals surface area contributed by atoms with Gasteiger partial charge in [-0.2, -0.15) is 0 Å². The first-order chi connectivity index (χ1) is 24.3. The van der Waals surface area contributed by atoms with Crippen molar-refractivity contribution < 1.29 is 33.5 Å². The molecule has 1 amide bonds. The van der Waals surface area contributed by atoms with Gasteiger partial charge in [-0.05, 0) is 12.8 Å². The van der Waals surface area contributed by atoms with E-state index in [-0.39, 0.29) is 26.2 Å². The van der Waals surface area contributed by atoms with Crippen LogP contribution < -0.4 is 11.1 Å². The van der Waals surface area contributed by atoms with Crippen LogP contribution in [0.4, 0.5) is 0 Å². The van der Waals surface area contributed by atoms with Gasteiger partial charge >= 0.3 is 7.82 Å². The van der Waals surface area contributed by atoms with Crippen molar-refractivity contribution in [2.24, 2.45) is 5.73 Å². The topological polar surface area (TPSA) is 151 Å². The summed E-state index contributed by atoms with van der Waals surface area (Å²) in [5.41, 5.74) is 5.34. The largest absolute Gasteiger partial charge is 0.472 e. The minimum Gasteiger partial charge on any atom is -0.393 e. The van der Waals surface area contributed by atoms with Gasteiger partial charge in [-0.15, -0.1) is 0 Å². The van der Waals surface area contributed by atoms with Gasteiger partial charge in [-0.3, -0.25) is 13.8 Å². The van der Waals surface area contributed by atoms with Crippen LogP contribution in [0, 0.1) is 0 Å². The number of unbranched alkanes of at least 4 members (excludes halogenated alkanes) is 26. The van der Waals surface area contributed by atoms with Gasteiger partial charge in [0.1, 0.15) is 0 Å². The minimum absolute atomic E-state index is 0.0619. The summed E-state index contributed by atoms with van der Waals surface area (Å²) in [5.74, 6) is -0.413. The number of aliphatic hydroxyl groups is 2. The van der Waals surface area contributed by atoms with Gasteiger partial charge in [0.15, 0.2) is 0 Å². The Morgan fingerprint density at radius 1 is 0.600 bits per heavy atom. The van der Waals surface area contributed by atoms with E-state index >= 15 is 0 Å². The average molecular weight is 735 g/mol. The number of carbonyl (C=O) groups excluding carboxylic acids is 1. The third-order valence-electron chi connectivity index (χ3n) is 9.77. The van der Waals surface area contributed by atoms with E-state index in [1.54, 1.807) is 0 Å². The van der Waals surface area contributed by atoms with E-state index in [2.05, 4.69) is 19.2 Å². The van der Waals surface area contributed by atoms with E-state index in [1.165, 1.54) is 135 Å². The molecule has 0 aliphatic heterocycles. The molecule has 0 saturated carbocycles. The van der Waals surface area contributed by atoms with Crippen molar-refractivity contribution in [2.75, 3.05) is 19.8 Å². The molecule has 0 saturated heterocycles. The van der Waals surface area contributed by atoms with E-state index in [4.69, 9.17) is 14.8 Å². The molecule has 0 heterocycles. The van der Waals surface area contributed by atoms with E-state index in [9.17, 15) is 24.5 Å². The van der Waals surface area contributed by atoms with Crippen LogP contribution >= 0.6 is 7.82 Å². The smallest absolute Gasteiger partial charge is 0.393 e. The molecule has 0 bridgehead atoms. The number of hydrogen-bond donors (Lipinski definition) is 5. The molecule has 0 spiro atoms. The van der Waals surface area contributed by atoms with Crippen molar-refractivity contribution in [2.45, 2.75) is 231 Å². The Kier molecular flexibility index (Phi) is 36.4. The summed E-state index contributed by atoms with van der Waals surface area (Å²) in [6.45, 7) is 4.00. The second kappa shape index (κ2) is 36.8. The Morgan fingerprint density at radius 3 is 1.34 bits per heavy atom. The summed E-state index contributed by atoms with van der Waals surface area (Å²) in [5, 5.41) is 24.0. The van der Waals surface area contributed by atoms with E-state index in [1.807, 2.05) is 0 Å². The molecule has 0 aromatic carbocycles. The zero-order valence-corrected chi connectivity index (χ0v) is 33.7. The van der Waals surface area contributed by atoms with Crippen molar-refractivity contribution in [3.05, 3.63) is 0 Å². The summed E-state index contributed by atoms with van der Waals surface area (Å²) in [6, 6.07) is -0.888. The van der Waals surface area contributed by atoms with Gasteiger partial charge < -0.3 is 26.2 Å². The summed E-state index contributed by atoms with van der Waals surface area (Å²) in [7, 11) is -4.36. The second-order valence-corrected chi connectivity index (χ2v) is 16.2. The molecular formula is C40H83N2O7P. The molecule has 6 N–H and O–H groups in total. The minimum atomic E-state index is -4.36. The summed E-state index contributed by atoms with van der Waals surface area (Å²) >= 11 is 0. The van der Waals surface area contributed by atoms with Crippen molar-refractivity contribution in [3.8, 4) is 0 Å². The maximum atomic E-state index is 12.7. The van der Waals surface area contributed by atoms with Gasteiger partial charge in [0.2, 0.25) is 5.91 Å². The lowest BCUT2D eigenvalue weighted by Gasteiger charge is -2.25. The highest BCUT2D eigenvalue weighted by atomic mass is 31.2. The highest BCUT2D eigenvalue weighted by molar-refractivity contribution is 7.47. The van der Waals surface area contributed by atoms with Crippen LogP contribution in [0.3, 0.4) is 0 Å². The predicted octanol–water partition coefficient (Wildman–Crippen LogP) is 10.4. The number of phosphoric ester groups is 1. The van der Waals surface area contributed by atoms with Gasteiger partial charge in [-0.25, -0.2) is 4.57 Å². The Hall–Kier alpha value is -0.540. The standard InChI is InChI=1S/C40H83N2O7P/c1-3-5-7-9-11-12-13-14-15-16-17-18-19-20-21-22-23-24-26-27-29-31-37(43)35-40(45)42-38(36-49-50(46,47)48-34-33-41)39(44)32-30-28-25-10-8-6-4-2/h37-39,43-44H,3-36,41H2,1-2H3,(H,42,45)(H,46,47). The van der Waals surface area contributed by atoms with Crippen LogP contribution in [0.1, 0.15) is 213 Å². The SMILES string of the molecule is CCCCCCCCCCCCCCCCCCCCCCCC(O)CC(=O)NC(COP(=O)(O)OCCN)C(O)CCCCCCCCC. The van der Waals surface area contributed by atoms with Crippen molar-refractivity contribution >= 4 is 13.7 Å². The molecular weight excluding hydrogens is 651 g/mol. The number of nitrogens with one attached hydrogen (secondary N) is 1. The molecule has 9 nitrogen and oxygen atoms in total. The van der Waals surface area contributed by atoms with Crippen LogP contribution in [-0.4, -0.2) is 59.0 Å². The van der Waals surface area contributed by atoms with Crippen LogP contribution in [0.25, 0.3) is 0 Å². The van der Waals surface area contributed by atoms with Gasteiger partial charge in [0, 0.05) is 6.54 Å². The van der Waals surface area contributed by atoms with Gasteiger partial charge in [0.25, 0.3) is 0 Å². The van der Waals surface area contributed by atoms with Crippen molar-refractivity contribution in [1.29, 1.82) is 0 Å². The fourth-order valence-electron chi connectivity index (χ4n) is 6.53. The average Bonchev–Trinajstić information content (AvgIpc) is 3.09. The molecule has 0 aliphatic rings. The number of amides is 1.